The average Bonchev–Trinajstić information content (AvgIpc) is 2.28. The fourth-order valence-corrected chi connectivity index (χ4v) is 2.64. The van der Waals surface area contributed by atoms with Gasteiger partial charge in [0, 0.05) is 6.04 Å². The Balaban J connectivity index is 2.29. The fraction of sp³-hybridized carbons (Fsp3) is 0.538. The Morgan fingerprint density at radius 3 is 2.56 bits per heavy atom. The molecule has 0 saturated heterocycles. The van der Waals surface area contributed by atoms with Crippen LogP contribution in [0, 0.1) is 17.0 Å². The van der Waals surface area contributed by atoms with E-state index in [1.54, 1.807) is 6.07 Å². The van der Waals surface area contributed by atoms with Crippen molar-refractivity contribution in [1.29, 1.82) is 0 Å². The number of hydrogen-bond acceptors (Lipinski definition) is 1. The highest BCUT2D eigenvalue weighted by molar-refractivity contribution is 5.28. The van der Waals surface area contributed by atoms with E-state index in [4.69, 9.17) is 5.73 Å². The summed E-state index contributed by atoms with van der Waals surface area (Å²) in [6.07, 6.45) is 1.81. The van der Waals surface area contributed by atoms with Gasteiger partial charge in [-0.15, -0.1) is 0 Å². The van der Waals surface area contributed by atoms with Gasteiger partial charge in [0.1, 0.15) is 0 Å². The SMILES string of the molecule is CCC1(C)C(N)CC1c1ccc(F)c(F)c1. The number of benzene rings is 1. The van der Waals surface area contributed by atoms with Gasteiger partial charge in [-0.3, -0.25) is 0 Å². The molecular formula is C13H17F2N. The Morgan fingerprint density at radius 2 is 2.06 bits per heavy atom. The third-order valence-corrected chi connectivity index (χ3v) is 4.24. The number of nitrogens with two attached hydrogens (primary N) is 1. The standard InChI is InChI=1S/C13H17F2N/c1-3-13(2)9(7-12(13)16)8-4-5-10(14)11(15)6-8/h4-6,9,12H,3,7,16H2,1-2H3. The molecule has 1 aliphatic rings. The molecule has 16 heavy (non-hydrogen) atoms. The van der Waals surface area contributed by atoms with Gasteiger partial charge in [0.05, 0.1) is 0 Å². The molecule has 0 amide bonds. The van der Waals surface area contributed by atoms with E-state index in [0.29, 0.717) is 0 Å². The van der Waals surface area contributed by atoms with Crippen molar-refractivity contribution >= 4 is 0 Å². The minimum absolute atomic E-state index is 0.0181. The highest BCUT2D eigenvalue weighted by Gasteiger charge is 2.48. The molecule has 0 bridgehead atoms. The molecule has 0 radical (unpaired) electrons. The van der Waals surface area contributed by atoms with Gasteiger partial charge in [-0.05, 0) is 41.9 Å². The zero-order valence-electron chi connectivity index (χ0n) is 9.63. The highest BCUT2D eigenvalue weighted by Crippen LogP contribution is 2.53. The number of hydrogen-bond donors (Lipinski definition) is 1. The second-order valence-corrected chi connectivity index (χ2v) is 4.93. The molecule has 3 heteroatoms. The van der Waals surface area contributed by atoms with E-state index in [2.05, 4.69) is 13.8 Å². The van der Waals surface area contributed by atoms with E-state index in [1.165, 1.54) is 12.1 Å². The molecule has 2 rings (SSSR count). The highest BCUT2D eigenvalue weighted by atomic mass is 19.2. The molecule has 2 N–H and O–H groups in total. The summed E-state index contributed by atoms with van der Waals surface area (Å²) >= 11 is 0. The number of rotatable bonds is 2. The molecule has 1 aromatic carbocycles. The van der Waals surface area contributed by atoms with E-state index < -0.39 is 11.6 Å². The van der Waals surface area contributed by atoms with Crippen molar-refractivity contribution in [2.75, 3.05) is 0 Å². The maximum absolute atomic E-state index is 13.1. The van der Waals surface area contributed by atoms with Crippen LogP contribution in [0.25, 0.3) is 0 Å². The van der Waals surface area contributed by atoms with Crippen molar-refractivity contribution in [1.82, 2.24) is 0 Å². The number of halogens is 2. The molecule has 0 aromatic heterocycles. The monoisotopic (exact) mass is 225 g/mol. The first-order chi connectivity index (χ1) is 7.49. The van der Waals surface area contributed by atoms with Crippen LogP contribution in [-0.4, -0.2) is 6.04 Å². The van der Waals surface area contributed by atoms with Gasteiger partial charge in [-0.2, -0.15) is 0 Å². The average molecular weight is 225 g/mol. The summed E-state index contributed by atoms with van der Waals surface area (Å²) in [6, 6.07) is 4.34. The summed E-state index contributed by atoms with van der Waals surface area (Å²) in [4.78, 5) is 0. The van der Waals surface area contributed by atoms with Gasteiger partial charge in [0.2, 0.25) is 0 Å². The van der Waals surface area contributed by atoms with Gasteiger partial charge in [-0.25, -0.2) is 8.78 Å². The van der Waals surface area contributed by atoms with E-state index in [1.807, 2.05) is 0 Å². The predicted molar refractivity (Wildman–Crippen MR) is 60.1 cm³/mol. The van der Waals surface area contributed by atoms with Gasteiger partial charge in [0.25, 0.3) is 0 Å². The van der Waals surface area contributed by atoms with Crippen LogP contribution in [-0.2, 0) is 0 Å². The third-order valence-electron chi connectivity index (χ3n) is 4.24. The molecule has 3 unspecified atom stereocenters. The molecule has 1 aliphatic carbocycles. The van der Waals surface area contributed by atoms with Crippen LogP contribution in [0.1, 0.15) is 38.2 Å². The second kappa shape index (κ2) is 3.81. The Bertz CT molecular complexity index is 405. The molecular weight excluding hydrogens is 208 g/mol. The minimum Gasteiger partial charge on any atom is -0.327 e. The van der Waals surface area contributed by atoms with Crippen molar-refractivity contribution in [3.05, 3.63) is 35.4 Å². The topological polar surface area (TPSA) is 26.0 Å². The quantitative estimate of drug-likeness (QED) is 0.821. The van der Waals surface area contributed by atoms with Crippen molar-refractivity contribution in [3.63, 3.8) is 0 Å². The summed E-state index contributed by atoms with van der Waals surface area (Å²) in [7, 11) is 0. The first kappa shape index (κ1) is 11.5. The van der Waals surface area contributed by atoms with E-state index in [9.17, 15) is 8.78 Å². The molecule has 1 nitrogen and oxygen atoms in total. The molecule has 0 aliphatic heterocycles. The lowest BCUT2D eigenvalue weighted by molar-refractivity contribution is 0.0703. The summed E-state index contributed by atoms with van der Waals surface area (Å²) in [5.41, 5.74) is 6.88. The van der Waals surface area contributed by atoms with E-state index in [-0.39, 0.29) is 17.4 Å². The zero-order chi connectivity index (χ0) is 11.9. The van der Waals surface area contributed by atoms with Gasteiger partial charge in [-0.1, -0.05) is 19.9 Å². The first-order valence-corrected chi connectivity index (χ1v) is 5.69. The molecule has 1 aromatic rings. The summed E-state index contributed by atoms with van der Waals surface area (Å²) in [6.45, 7) is 4.21. The molecule has 0 heterocycles. The lowest BCUT2D eigenvalue weighted by atomic mass is 9.54. The largest absolute Gasteiger partial charge is 0.327 e. The molecule has 1 saturated carbocycles. The zero-order valence-corrected chi connectivity index (χ0v) is 9.63. The Kier molecular flexibility index (Phi) is 2.74. The second-order valence-electron chi connectivity index (χ2n) is 4.93. The third kappa shape index (κ3) is 1.54. The van der Waals surface area contributed by atoms with Crippen LogP contribution in [0.4, 0.5) is 8.78 Å². The lowest BCUT2D eigenvalue weighted by Crippen LogP contribution is -2.54. The van der Waals surface area contributed by atoms with Crippen LogP contribution in [0.3, 0.4) is 0 Å². The van der Waals surface area contributed by atoms with Crippen LogP contribution in [0.15, 0.2) is 18.2 Å². The van der Waals surface area contributed by atoms with Crippen molar-refractivity contribution in [2.45, 2.75) is 38.6 Å². The van der Waals surface area contributed by atoms with Gasteiger partial charge < -0.3 is 5.73 Å². The summed E-state index contributed by atoms with van der Waals surface area (Å²) in [5, 5.41) is 0. The summed E-state index contributed by atoms with van der Waals surface area (Å²) in [5.74, 6) is -1.30. The van der Waals surface area contributed by atoms with E-state index >= 15 is 0 Å². The van der Waals surface area contributed by atoms with Crippen molar-refractivity contribution < 1.29 is 8.78 Å². The Hall–Kier alpha value is -0.960. The Labute approximate surface area is 94.7 Å². The van der Waals surface area contributed by atoms with Crippen LogP contribution < -0.4 is 5.73 Å². The molecule has 0 spiro atoms. The smallest absolute Gasteiger partial charge is 0.159 e. The normalized spacial score (nSPS) is 33.6. The molecule has 3 atom stereocenters. The van der Waals surface area contributed by atoms with Gasteiger partial charge in [0.15, 0.2) is 11.6 Å². The molecule has 88 valence electrons. The van der Waals surface area contributed by atoms with Crippen LogP contribution in [0.5, 0.6) is 0 Å². The maximum atomic E-state index is 13.1. The molecule has 1 fully saturated rings. The first-order valence-electron chi connectivity index (χ1n) is 5.69. The minimum atomic E-state index is -0.787. The predicted octanol–water partition coefficient (Wildman–Crippen LogP) is 3.20. The van der Waals surface area contributed by atoms with Gasteiger partial charge >= 0.3 is 0 Å². The lowest BCUT2D eigenvalue weighted by Gasteiger charge is -2.52. The van der Waals surface area contributed by atoms with Crippen LogP contribution >= 0.6 is 0 Å². The Morgan fingerprint density at radius 1 is 1.38 bits per heavy atom. The summed E-state index contributed by atoms with van der Waals surface area (Å²) < 4.78 is 26.0. The van der Waals surface area contributed by atoms with Crippen LogP contribution in [0.2, 0.25) is 0 Å². The van der Waals surface area contributed by atoms with Crippen molar-refractivity contribution in [2.24, 2.45) is 11.1 Å². The maximum Gasteiger partial charge on any atom is 0.159 e. The fourth-order valence-electron chi connectivity index (χ4n) is 2.64. The van der Waals surface area contributed by atoms with Crippen molar-refractivity contribution in [3.8, 4) is 0 Å². The van der Waals surface area contributed by atoms with E-state index in [0.717, 1.165) is 18.4 Å².